The molecule has 0 saturated carbocycles. The number of amides is 4. The van der Waals surface area contributed by atoms with E-state index in [1.807, 2.05) is 20.8 Å². The molecule has 0 aromatic heterocycles. The van der Waals surface area contributed by atoms with Crippen LogP contribution in [0, 0.1) is 5.82 Å². The summed E-state index contributed by atoms with van der Waals surface area (Å²) in [5.74, 6) is -3.91. The Morgan fingerprint density at radius 1 is 1.09 bits per heavy atom. The number of nitrogens with one attached hydrogen (secondary N) is 2. The molecular weight excluding hydrogens is 445 g/mol. The molecule has 3 rings (SSSR count). The topological polar surface area (TPSA) is 122 Å². The monoisotopic (exact) mass is 475 g/mol. The van der Waals surface area contributed by atoms with Crippen LogP contribution in [0.1, 0.15) is 86.4 Å². The quantitative estimate of drug-likeness (QED) is 0.320. The molecule has 0 bridgehead atoms. The first-order valence-electron chi connectivity index (χ1n) is 11.5. The number of anilines is 1. The van der Waals surface area contributed by atoms with Crippen LogP contribution in [0.3, 0.4) is 0 Å². The van der Waals surface area contributed by atoms with E-state index >= 15 is 0 Å². The molecule has 34 heavy (non-hydrogen) atoms. The molecule has 0 spiro atoms. The molecule has 2 aliphatic rings. The molecule has 1 atom stereocenters. The molecule has 1 aromatic carbocycles. The third kappa shape index (κ3) is 5.78. The van der Waals surface area contributed by atoms with Crippen molar-refractivity contribution in [3.63, 3.8) is 0 Å². The number of hydrogen-bond acceptors (Lipinski definition) is 7. The molecule has 1 saturated heterocycles. The van der Waals surface area contributed by atoms with Crippen LogP contribution in [0.2, 0.25) is 0 Å². The van der Waals surface area contributed by atoms with Gasteiger partial charge in [-0.3, -0.25) is 34.2 Å². The summed E-state index contributed by atoms with van der Waals surface area (Å²) in [6.45, 7) is 5.95. The second-order valence-electron chi connectivity index (χ2n) is 9.47. The lowest BCUT2D eigenvalue weighted by Gasteiger charge is -2.27. The lowest BCUT2D eigenvalue weighted by molar-refractivity contribution is -0.155. The van der Waals surface area contributed by atoms with Crippen molar-refractivity contribution in [3.05, 3.63) is 29.1 Å². The van der Waals surface area contributed by atoms with Crippen LogP contribution in [-0.2, 0) is 19.1 Å². The van der Waals surface area contributed by atoms with E-state index in [-0.39, 0.29) is 29.9 Å². The predicted octanol–water partition coefficient (Wildman–Crippen LogP) is 2.93. The zero-order valence-corrected chi connectivity index (χ0v) is 19.7. The van der Waals surface area contributed by atoms with Crippen molar-refractivity contribution in [2.75, 3.05) is 11.9 Å². The molecule has 1 unspecified atom stereocenters. The van der Waals surface area contributed by atoms with Crippen LogP contribution in [0.15, 0.2) is 12.1 Å². The van der Waals surface area contributed by atoms with Gasteiger partial charge < -0.3 is 10.1 Å². The van der Waals surface area contributed by atoms with Gasteiger partial charge in [-0.05, 0) is 52.2 Å². The van der Waals surface area contributed by atoms with Gasteiger partial charge >= 0.3 is 5.97 Å². The van der Waals surface area contributed by atoms with Crippen molar-refractivity contribution in [3.8, 4) is 0 Å². The lowest BCUT2D eigenvalue weighted by atomic mass is 10.0. The molecule has 1 fully saturated rings. The number of piperidine rings is 1. The molecule has 10 heteroatoms. The van der Waals surface area contributed by atoms with Crippen molar-refractivity contribution in [2.24, 2.45) is 0 Å². The van der Waals surface area contributed by atoms with Gasteiger partial charge in [0.1, 0.15) is 17.5 Å². The molecule has 0 radical (unpaired) electrons. The van der Waals surface area contributed by atoms with Gasteiger partial charge in [0.25, 0.3) is 11.8 Å². The average molecular weight is 476 g/mol. The van der Waals surface area contributed by atoms with Crippen molar-refractivity contribution in [1.29, 1.82) is 0 Å². The number of carbonyl (C=O) groups is 5. The summed E-state index contributed by atoms with van der Waals surface area (Å²) in [6, 6.07) is 1.36. The van der Waals surface area contributed by atoms with E-state index in [1.165, 1.54) is 6.07 Å². The average Bonchev–Trinajstić information content (AvgIpc) is 2.99. The van der Waals surface area contributed by atoms with Crippen LogP contribution < -0.4 is 10.6 Å². The largest absolute Gasteiger partial charge is 0.460 e. The van der Waals surface area contributed by atoms with Gasteiger partial charge in [0.05, 0.1) is 11.1 Å². The molecule has 1 aromatic rings. The summed E-state index contributed by atoms with van der Waals surface area (Å²) < 4.78 is 19.7. The van der Waals surface area contributed by atoms with Crippen LogP contribution >= 0.6 is 0 Å². The lowest BCUT2D eigenvalue weighted by Crippen LogP contribution is -2.54. The Balaban J connectivity index is 1.55. The third-order valence-electron chi connectivity index (χ3n) is 5.58. The first kappa shape index (κ1) is 25.3. The number of fused-ring (bicyclic) bond motifs is 1. The Labute approximate surface area is 197 Å². The Hall–Kier alpha value is -3.30. The molecule has 184 valence electrons. The number of esters is 1. The van der Waals surface area contributed by atoms with E-state index in [4.69, 9.17) is 4.74 Å². The predicted molar refractivity (Wildman–Crippen MR) is 120 cm³/mol. The number of unbranched alkanes of at least 4 members (excludes halogenated alkanes) is 3. The first-order chi connectivity index (χ1) is 16.0. The fourth-order valence-corrected chi connectivity index (χ4v) is 4.06. The van der Waals surface area contributed by atoms with Crippen LogP contribution in [0.4, 0.5) is 10.1 Å². The number of benzene rings is 1. The number of hydrogen-bond donors (Lipinski definition) is 2. The van der Waals surface area contributed by atoms with Gasteiger partial charge in [0, 0.05) is 25.1 Å². The smallest absolute Gasteiger partial charge is 0.306 e. The van der Waals surface area contributed by atoms with Crippen molar-refractivity contribution >= 4 is 35.3 Å². The van der Waals surface area contributed by atoms with E-state index < -0.39 is 41.1 Å². The van der Waals surface area contributed by atoms with Crippen LogP contribution in [0.5, 0.6) is 0 Å². The molecule has 4 amide bonds. The standard InChI is InChI=1S/C24H30FN3O6/c1-24(2,3)34-18(30)8-6-4-5-7-13-26-15-10-9-14(25)19-20(15)23(33)28(22(19)32)16-11-12-17(29)27-21(16)31/h9-10,16,26H,4-8,11-13H2,1-3H3,(H,27,29,31). The Morgan fingerprint density at radius 2 is 1.76 bits per heavy atom. The Morgan fingerprint density at radius 3 is 2.44 bits per heavy atom. The second-order valence-corrected chi connectivity index (χ2v) is 9.47. The van der Waals surface area contributed by atoms with E-state index in [1.54, 1.807) is 0 Å². The Kier molecular flexibility index (Phi) is 7.68. The SMILES string of the molecule is CC(C)(C)OC(=O)CCCCCCNc1ccc(F)c2c1C(=O)N(C1CCC(=O)NC1=O)C2=O. The van der Waals surface area contributed by atoms with Crippen molar-refractivity contribution < 1.29 is 33.1 Å². The van der Waals surface area contributed by atoms with E-state index in [0.29, 0.717) is 25.1 Å². The maximum absolute atomic E-state index is 14.5. The van der Waals surface area contributed by atoms with Crippen molar-refractivity contribution in [1.82, 2.24) is 10.2 Å². The minimum absolute atomic E-state index is 0.00378. The minimum Gasteiger partial charge on any atom is -0.460 e. The maximum atomic E-state index is 14.5. The summed E-state index contributed by atoms with van der Waals surface area (Å²) in [4.78, 5) is 62.0. The summed E-state index contributed by atoms with van der Waals surface area (Å²) in [5, 5.41) is 5.20. The number of halogens is 1. The maximum Gasteiger partial charge on any atom is 0.306 e. The Bertz CT molecular complexity index is 1020. The van der Waals surface area contributed by atoms with Crippen LogP contribution in [0.25, 0.3) is 0 Å². The normalized spacial score (nSPS) is 18.1. The first-order valence-corrected chi connectivity index (χ1v) is 11.5. The molecule has 2 aliphatic heterocycles. The highest BCUT2D eigenvalue weighted by molar-refractivity contribution is 6.25. The van der Waals surface area contributed by atoms with Crippen LogP contribution in [-0.4, -0.2) is 52.7 Å². The third-order valence-corrected chi connectivity index (χ3v) is 5.58. The zero-order chi connectivity index (χ0) is 25.0. The molecule has 9 nitrogen and oxygen atoms in total. The molecule has 2 heterocycles. The summed E-state index contributed by atoms with van der Waals surface area (Å²) in [6.07, 6.45) is 3.43. The molecule has 0 aliphatic carbocycles. The minimum atomic E-state index is -1.15. The fourth-order valence-electron chi connectivity index (χ4n) is 4.06. The second kappa shape index (κ2) is 10.3. The van der Waals surface area contributed by atoms with Gasteiger partial charge in [-0.2, -0.15) is 0 Å². The van der Waals surface area contributed by atoms with E-state index in [0.717, 1.165) is 30.2 Å². The van der Waals surface area contributed by atoms with Gasteiger partial charge in [0.15, 0.2) is 0 Å². The molecule has 2 N–H and O–H groups in total. The number of rotatable bonds is 9. The summed E-state index contributed by atoms with van der Waals surface area (Å²) in [5.41, 5.74) is -0.641. The van der Waals surface area contributed by atoms with Gasteiger partial charge in [-0.25, -0.2) is 4.39 Å². The van der Waals surface area contributed by atoms with Gasteiger partial charge in [-0.1, -0.05) is 12.8 Å². The number of imide groups is 2. The fraction of sp³-hybridized carbons (Fsp3) is 0.542. The number of carbonyl (C=O) groups excluding carboxylic acids is 5. The van der Waals surface area contributed by atoms with E-state index in [9.17, 15) is 28.4 Å². The van der Waals surface area contributed by atoms with Gasteiger partial charge in [-0.15, -0.1) is 0 Å². The van der Waals surface area contributed by atoms with Crippen molar-refractivity contribution in [2.45, 2.75) is 77.4 Å². The summed E-state index contributed by atoms with van der Waals surface area (Å²) in [7, 11) is 0. The molecular formula is C24H30FN3O6. The highest BCUT2D eigenvalue weighted by atomic mass is 19.1. The number of nitrogens with zero attached hydrogens (tertiary/aromatic N) is 1. The zero-order valence-electron chi connectivity index (χ0n) is 19.7. The summed E-state index contributed by atoms with van der Waals surface area (Å²) >= 11 is 0. The van der Waals surface area contributed by atoms with Gasteiger partial charge in [0.2, 0.25) is 11.8 Å². The number of ether oxygens (including phenoxy) is 1. The highest BCUT2D eigenvalue weighted by Gasteiger charge is 2.47. The van der Waals surface area contributed by atoms with E-state index in [2.05, 4.69) is 10.6 Å². The highest BCUT2D eigenvalue weighted by Crippen LogP contribution is 2.34.